The van der Waals surface area contributed by atoms with E-state index in [-0.39, 0.29) is 18.0 Å². The molecular formula is C15H24BrN3O2. The van der Waals surface area contributed by atoms with Crippen LogP contribution in [0.4, 0.5) is 0 Å². The molecule has 0 radical (unpaired) electrons. The highest BCUT2D eigenvalue weighted by molar-refractivity contribution is 9.10. The van der Waals surface area contributed by atoms with Gasteiger partial charge in [0.25, 0.3) is 5.91 Å². The minimum Gasteiger partial charge on any atom is -0.391 e. The zero-order valence-electron chi connectivity index (χ0n) is 13.1. The second kappa shape index (κ2) is 6.50. The van der Waals surface area contributed by atoms with Gasteiger partial charge in [0.2, 0.25) is 0 Å². The number of hydrogen-bond donors (Lipinski definition) is 1. The van der Waals surface area contributed by atoms with Crippen LogP contribution in [-0.4, -0.2) is 64.7 Å². The van der Waals surface area contributed by atoms with Gasteiger partial charge in [-0.2, -0.15) is 0 Å². The number of rotatable bonds is 4. The molecule has 21 heavy (non-hydrogen) atoms. The lowest BCUT2D eigenvalue weighted by Crippen LogP contribution is -2.42. The quantitative estimate of drug-likeness (QED) is 0.895. The van der Waals surface area contributed by atoms with E-state index in [0.717, 1.165) is 11.0 Å². The number of carbonyl (C=O) groups is 1. The lowest BCUT2D eigenvalue weighted by molar-refractivity contribution is 0.0686. The van der Waals surface area contributed by atoms with Gasteiger partial charge in [-0.05, 0) is 56.4 Å². The number of aliphatic hydroxyl groups excluding tert-OH is 1. The molecule has 0 bridgehead atoms. The molecule has 1 aliphatic rings. The summed E-state index contributed by atoms with van der Waals surface area (Å²) in [6, 6.07) is 2.14. The standard InChI is InChI=1S/C15H24BrN3O2/c1-10(2)18-7-11(16)5-14(18)15(21)19-9-13(20)6-12(19)8-17(3)4/h5,7,10,12-13,20H,6,8-9H2,1-4H3. The van der Waals surface area contributed by atoms with E-state index in [1.807, 2.05) is 35.8 Å². The van der Waals surface area contributed by atoms with Crippen molar-refractivity contribution >= 4 is 21.8 Å². The van der Waals surface area contributed by atoms with Gasteiger partial charge in [0.05, 0.1) is 6.10 Å². The number of likely N-dealkylation sites (tertiary alicyclic amines) is 1. The third-order valence-electron chi connectivity index (χ3n) is 3.82. The Bertz CT molecular complexity index is 513. The lowest BCUT2D eigenvalue weighted by Gasteiger charge is -2.27. The first-order valence-electron chi connectivity index (χ1n) is 7.30. The Morgan fingerprint density at radius 3 is 2.76 bits per heavy atom. The van der Waals surface area contributed by atoms with Crippen LogP contribution in [0.2, 0.25) is 0 Å². The summed E-state index contributed by atoms with van der Waals surface area (Å²) in [5, 5.41) is 9.93. The Labute approximate surface area is 134 Å². The fourth-order valence-electron chi connectivity index (χ4n) is 2.93. The molecule has 5 nitrogen and oxygen atoms in total. The van der Waals surface area contributed by atoms with Crippen molar-refractivity contribution in [3.05, 3.63) is 22.4 Å². The largest absolute Gasteiger partial charge is 0.391 e. The van der Waals surface area contributed by atoms with Gasteiger partial charge in [-0.1, -0.05) is 0 Å². The normalized spacial score (nSPS) is 22.6. The molecule has 2 heterocycles. The van der Waals surface area contributed by atoms with Gasteiger partial charge in [0.15, 0.2) is 0 Å². The number of aliphatic hydroxyl groups is 1. The van der Waals surface area contributed by atoms with Crippen molar-refractivity contribution in [1.82, 2.24) is 14.4 Å². The van der Waals surface area contributed by atoms with E-state index in [1.54, 1.807) is 0 Å². The Morgan fingerprint density at radius 2 is 2.19 bits per heavy atom. The Kier molecular flexibility index (Phi) is 5.11. The van der Waals surface area contributed by atoms with Gasteiger partial charge >= 0.3 is 0 Å². The number of carbonyl (C=O) groups excluding carboxylic acids is 1. The lowest BCUT2D eigenvalue weighted by atomic mass is 10.2. The van der Waals surface area contributed by atoms with Crippen molar-refractivity contribution in [3.8, 4) is 0 Å². The van der Waals surface area contributed by atoms with Crippen LogP contribution in [0.15, 0.2) is 16.7 Å². The molecule has 6 heteroatoms. The van der Waals surface area contributed by atoms with Crippen LogP contribution in [0.1, 0.15) is 36.8 Å². The smallest absolute Gasteiger partial charge is 0.270 e. The van der Waals surface area contributed by atoms with Gasteiger partial charge in [0.1, 0.15) is 5.69 Å². The fourth-order valence-corrected chi connectivity index (χ4v) is 3.36. The van der Waals surface area contributed by atoms with Crippen molar-refractivity contribution in [2.75, 3.05) is 27.2 Å². The van der Waals surface area contributed by atoms with E-state index in [9.17, 15) is 9.90 Å². The predicted molar refractivity (Wildman–Crippen MR) is 86.5 cm³/mol. The maximum atomic E-state index is 12.9. The van der Waals surface area contributed by atoms with E-state index in [0.29, 0.717) is 18.7 Å². The molecule has 0 saturated carbocycles. The maximum Gasteiger partial charge on any atom is 0.270 e. The number of amides is 1. The number of nitrogens with zero attached hydrogens (tertiary/aromatic N) is 3. The number of likely N-dealkylation sites (N-methyl/N-ethyl adjacent to an activating group) is 1. The van der Waals surface area contributed by atoms with Crippen molar-refractivity contribution in [2.45, 2.75) is 38.5 Å². The molecule has 1 aromatic rings. The highest BCUT2D eigenvalue weighted by Crippen LogP contribution is 2.25. The number of β-amino-alcohol motifs (C(OH)–C–C–N with tert-alkyl or cyclic N) is 1. The molecule has 1 fully saturated rings. The van der Waals surface area contributed by atoms with Crippen LogP contribution < -0.4 is 0 Å². The van der Waals surface area contributed by atoms with Crippen LogP contribution in [0.3, 0.4) is 0 Å². The van der Waals surface area contributed by atoms with Crippen LogP contribution in [0.5, 0.6) is 0 Å². The van der Waals surface area contributed by atoms with E-state index in [2.05, 4.69) is 34.7 Å². The third kappa shape index (κ3) is 3.67. The maximum absolute atomic E-state index is 12.9. The summed E-state index contributed by atoms with van der Waals surface area (Å²) in [7, 11) is 3.97. The molecule has 1 N–H and O–H groups in total. The fraction of sp³-hybridized carbons (Fsp3) is 0.667. The van der Waals surface area contributed by atoms with Crippen LogP contribution in [0.25, 0.3) is 0 Å². The molecule has 2 atom stereocenters. The van der Waals surface area contributed by atoms with Crippen molar-refractivity contribution in [3.63, 3.8) is 0 Å². The van der Waals surface area contributed by atoms with Crippen molar-refractivity contribution in [2.24, 2.45) is 0 Å². The molecule has 2 rings (SSSR count). The third-order valence-corrected chi connectivity index (χ3v) is 4.25. The van der Waals surface area contributed by atoms with Gasteiger partial charge < -0.3 is 19.5 Å². The van der Waals surface area contributed by atoms with Gasteiger partial charge in [-0.3, -0.25) is 4.79 Å². The summed E-state index contributed by atoms with van der Waals surface area (Å²) in [6.45, 7) is 5.29. The molecule has 0 aromatic carbocycles. The number of aromatic nitrogens is 1. The topological polar surface area (TPSA) is 48.7 Å². The summed E-state index contributed by atoms with van der Waals surface area (Å²) in [5.74, 6) is -0.00204. The van der Waals surface area contributed by atoms with Gasteiger partial charge in [-0.15, -0.1) is 0 Å². The van der Waals surface area contributed by atoms with Crippen LogP contribution >= 0.6 is 15.9 Å². The van der Waals surface area contributed by atoms with Crippen LogP contribution in [0, 0.1) is 0 Å². The van der Waals surface area contributed by atoms with E-state index in [1.165, 1.54) is 0 Å². The van der Waals surface area contributed by atoms with E-state index < -0.39 is 6.10 Å². The van der Waals surface area contributed by atoms with Crippen molar-refractivity contribution in [1.29, 1.82) is 0 Å². The molecular weight excluding hydrogens is 334 g/mol. The highest BCUT2D eigenvalue weighted by atomic mass is 79.9. The number of hydrogen-bond acceptors (Lipinski definition) is 3. The molecule has 0 aliphatic carbocycles. The van der Waals surface area contributed by atoms with E-state index in [4.69, 9.17) is 0 Å². The van der Waals surface area contributed by atoms with Gasteiger partial charge in [0, 0.05) is 35.8 Å². The first-order valence-corrected chi connectivity index (χ1v) is 8.10. The Hall–Kier alpha value is -0.850. The minimum atomic E-state index is -0.426. The number of halogens is 1. The zero-order valence-corrected chi connectivity index (χ0v) is 14.7. The monoisotopic (exact) mass is 357 g/mol. The summed E-state index contributed by atoms with van der Waals surface area (Å²) < 4.78 is 2.88. The molecule has 1 aromatic heterocycles. The van der Waals surface area contributed by atoms with Crippen LogP contribution in [-0.2, 0) is 0 Å². The average molecular weight is 358 g/mol. The zero-order chi connectivity index (χ0) is 15.7. The first kappa shape index (κ1) is 16.5. The predicted octanol–water partition coefficient (Wildman–Crippen LogP) is 1.97. The second-order valence-electron chi connectivity index (χ2n) is 6.31. The van der Waals surface area contributed by atoms with Gasteiger partial charge in [-0.25, -0.2) is 0 Å². The van der Waals surface area contributed by atoms with E-state index >= 15 is 0 Å². The second-order valence-corrected chi connectivity index (χ2v) is 7.22. The van der Waals surface area contributed by atoms with Crippen molar-refractivity contribution < 1.29 is 9.90 Å². The Morgan fingerprint density at radius 1 is 1.52 bits per heavy atom. The SMILES string of the molecule is CC(C)n1cc(Br)cc1C(=O)N1CC(O)CC1CN(C)C. The summed E-state index contributed by atoms with van der Waals surface area (Å²) in [5.41, 5.74) is 0.676. The minimum absolute atomic E-state index is 0.00204. The molecule has 0 spiro atoms. The summed E-state index contributed by atoms with van der Waals surface area (Å²) >= 11 is 3.45. The highest BCUT2D eigenvalue weighted by Gasteiger charge is 2.36. The molecule has 1 amide bonds. The summed E-state index contributed by atoms with van der Waals surface area (Å²) in [6.07, 6.45) is 2.16. The molecule has 2 unspecified atom stereocenters. The average Bonchev–Trinajstić information content (AvgIpc) is 2.91. The molecule has 1 aliphatic heterocycles. The first-order chi connectivity index (χ1) is 9.79. The molecule has 118 valence electrons. The molecule has 1 saturated heterocycles. The summed E-state index contributed by atoms with van der Waals surface area (Å²) in [4.78, 5) is 16.7. The Balaban J connectivity index is 2.26.